The van der Waals surface area contributed by atoms with Gasteiger partial charge in [0.2, 0.25) is 0 Å². The number of anilines is 1. The Balaban J connectivity index is 1.51. The van der Waals surface area contributed by atoms with E-state index in [1.807, 2.05) is 60.7 Å². The molecule has 3 aromatic carbocycles. The molecule has 0 unspecified atom stereocenters. The first-order valence-electron chi connectivity index (χ1n) is 10.9. The Hall–Kier alpha value is -3.86. The summed E-state index contributed by atoms with van der Waals surface area (Å²) in [5.74, 6) is -0.702. The molecule has 32 heavy (non-hydrogen) atoms. The second-order valence-corrected chi connectivity index (χ2v) is 8.24. The van der Waals surface area contributed by atoms with E-state index in [1.54, 1.807) is 6.07 Å². The summed E-state index contributed by atoms with van der Waals surface area (Å²) in [6.45, 7) is 1.44. The standard InChI is InChI=1S/C27H24N2O3/c30-26-8-4-2-5-21(26)18-9-11-19(12-10-18)24-17-25(22-6-1-3-7-23(22)28-24)29-15-13-20(14-16-29)27(31)32/h1-12,17,20,30H,13-16H2,(H,31,32). The highest BCUT2D eigenvalue weighted by Gasteiger charge is 2.25. The van der Waals surface area contributed by atoms with Gasteiger partial charge in [-0.2, -0.15) is 0 Å². The molecular weight excluding hydrogens is 400 g/mol. The topological polar surface area (TPSA) is 73.7 Å². The fourth-order valence-electron chi connectivity index (χ4n) is 4.47. The van der Waals surface area contributed by atoms with Crippen molar-refractivity contribution >= 4 is 22.6 Å². The lowest BCUT2D eigenvalue weighted by atomic mass is 9.96. The second kappa shape index (κ2) is 8.35. The molecule has 0 aliphatic carbocycles. The summed E-state index contributed by atoms with van der Waals surface area (Å²) in [5, 5.41) is 20.6. The maximum absolute atomic E-state index is 11.4. The minimum absolute atomic E-state index is 0.260. The van der Waals surface area contributed by atoms with E-state index in [4.69, 9.17) is 4.98 Å². The number of carbonyl (C=O) groups is 1. The molecule has 1 aliphatic rings. The quantitative estimate of drug-likeness (QED) is 0.448. The smallest absolute Gasteiger partial charge is 0.306 e. The van der Waals surface area contributed by atoms with Crippen molar-refractivity contribution in [1.29, 1.82) is 0 Å². The Morgan fingerprint density at radius 3 is 2.25 bits per heavy atom. The van der Waals surface area contributed by atoms with Gasteiger partial charge in [-0.3, -0.25) is 4.79 Å². The molecule has 0 bridgehead atoms. The Bertz CT molecular complexity index is 1280. The van der Waals surface area contributed by atoms with Gasteiger partial charge in [-0.25, -0.2) is 4.98 Å². The van der Waals surface area contributed by atoms with Crippen LogP contribution >= 0.6 is 0 Å². The Morgan fingerprint density at radius 2 is 1.53 bits per heavy atom. The van der Waals surface area contributed by atoms with E-state index < -0.39 is 5.97 Å². The maximum atomic E-state index is 11.4. The third-order valence-electron chi connectivity index (χ3n) is 6.27. The monoisotopic (exact) mass is 424 g/mol. The molecule has 160 valence electrons. The van der Waals surface area contributed by atoms with Crippen molar-refractivity contribution in [1.82, 2.24) is 4.98 Å². The molecule has 0 spiro atoms. The number of pyridine rings is 1. The highest BCUT2D eigenvalue weighted by atomic mass is 16.4. The molecular formula is C27H24N2O3. The molecule has 5 heteroatoms. The van der Waals surface area contributed by atoms with E-state index in [1.165, 1.54) is 0 Å². The SMILES string of the molecule is O=C(O)C1CCN(c2cc(-c3ccc(-c4ccccc4O)cc3)nc3ccccc23)CC1. The number of hydrogen-bond acceptors (Lipinski definition) is 4. The van der Waals surface area contributed by atoms with Gasteiger partial charge in [0.15, 0.2) is 0 Å². The molecule has 0 saturated carbocycles. The van der Waals surface area contributed by atoms with Crippen LogP contribution in [0.5, 0.6) is 5.75 Å². The van der Waals surface area contributed by atoms with Crippen LogP contribution in [0.3, 0.4) is 0 Å². The lowest BCUT2D eigenvalue weighted by molar-refractivity contribution is -0.142. The van der Waals surface area contributed by atoms with Crippen molar-refractivity contribution < 1.29 is 15.0 Å². The summed E-state index contributed by atoms with van der Waals surface area (Å²) in [4.78, 5) is 18.5. The van der Waals surface area contributed by atoms with Gasteiger partial charge < -0.3 is 15.1 Å². The molecule has 0 radical (unpaired) electrons. The van der Waals surface area contributed by atoms with Gasteiger partial charge >= 0.3 is 5.97 Å². The number of nitrogens with zero attached hydrogens (tertiary/aromatic N) is 2. The lowest BCUT2D eigenvalue weighted by Crippen LogP contribution is -2.36. The molecule has 2 N–H and O–H groups in total. The van der Waals surface area contributed by atoms with Crippen LogP contribution in [-0.2, 0) is 4.79 Å². The van der Waals surface area contributed by atoms with Crippen LogP contribution in [0.25, 0.3) is 33.3 Å². The predicted octanol–water partition coefficient (Wildman–Crippen LogP) is 5.58. The van der Waals surface area contributed by atoms with E-state index in [2.05, 4.69) is 17.0 Å². The fourth-order valence-corrected chi connectivity index (χ4v) is 4.47. The second-order valence-electron chi connectivity index (χ2n) is 8.24. The number of phenolic OH excluding ortho intramolecular Hbond substituents is 1. The number of piperidine rings is 1. The van der Waals surface area contributed by atoms with Crippen LogP contribution < -0.4 is 4.90 Å². The van der Waals surface area contributed by atoms with Gasteiger partial charge in [-0.1, -0.05) is 60.7 Å². The number of benzene rings is 3. The van der Waals surface area contributed by atoms with Crippen LogP contribution in [0.15, 0.2) is 78.9 Å². The molecule has 1 aliphatic heterocycles. The van der Waals surface area contributed by atoms with Gasteiger partial charge in [-0.15, -0.1) is 0 Å². The summed E-state index contributed by atoms with van der Waals surface area (Å²) in [6, 6.07) is 25.6. The molecule has 1 saturated heterocycles. The number of rotatable bonds is 4. The molecule has 4 aromatic rings. The van der Waals surface area contributed by atoms with Crippen LogP contribution in [0.4, 0.5) is 5.69 Å². The number of phenols is 1. The van der Waals surface area contributed by atoms with Crippen molar-refractivity contribution in [3.05, 3.63) is 78.9 Å². The van der Waals surface area contributed by atoms with Crippen molar-refractivity contribution in [3.63, 3.8) is 0 Å². The number of para-hydroxylation sites is 2. The van der Waals surface area contributed by atoms with Crippen molar-refractivity contribution in [2.75, 3.05) is 18.0 Å². The normalized spacial score (nSPS) is 14.6. The molecule has 1 fully saturated rings. The number of aliphatic carboxylic acids is 1. The first-order chi connectivity index (χ1) is 15.6. The molecule has 5 nitrogen and oxygen atoms in total. The zero-order valence-electron chi connectivity index (χ0n) is 17.6. The lowest BCUT2D eigenvalue weighted by Gasteiger charge is -2.33. The van der Waals surface area contributed by atoms with Gasteiger partial charge in [0.25, 0.3) is 0 Å². The highest BCUT2D eigenvalue weighted by molar-refractivity contribution is 5.94. The average Bonchev–Trinajstić information content (AvgIpc) is 2.84. The fraction of sp³-hybridized carbons (Fsp3) is 0.185. The third-order valence-corrected chi connectivity index (χ3v) is 6.27. The van der Waals surface area contributed by atoms with Gasteiger partial charge in [0.1, 0.15) is 5.75 Å². The number of fused-ring (bicyclic) bond motifs is 1. The number of aromatic hydroxyl groups is 1. The summed E-state index contributed by atoms with van der Waals surface area (Å²) < 4.78 is 0. The van der Waals surface area contributed by atoms with Crippen LogP contribution in [0.1, 0.15) is 12.8 Å². The first kappa shape index (κ1) is 20.1. The first-order valence-corrected chi connectivity index (χ1v) is 10.9. The summed E-state index contributed by atoms with van der Waals surface area (Å²) in [6.07, 6.45) is 1.30. The Morgan fingerprint density at radius 1 is 0.875 bits per heavy atom. The minimum atomic E-state index is -0.700. The molecule has 0 atom stereocenters. The summed E-state index contributed by atoms with van der Waals surface area (Å²) in [7, 11) is 0. The summed E-state index contributed by atoms with van der Waals surface area (Å²) >= 11 is 0. The van der Waals surface area contributed by atoms with Crippen LogP contribution in [-0.4, -0.2) is 34.3 Å². The Labute approximate surface area is 186 Å². The van der Waals surface area contributed by atoms with Crippen LogP contribution in [0, 0.1) is 5.92 Å². The van der Waals surface area contributed by atoms with Gasteiger partial charge in [0.05, 0.1) is 17.1 Å². The maximum Gasteiger partial charge on any atom is 0.306 e. The zero-order valence-corrected chi connectivity index (χ0v) is 17.6. The third kappa shape index (κ3) is 3.78. The van der Waals surface area contributed by atoms with Crippen LogP contribution in [0.2, 0.25) is 0 Å². The van der Waals surface area contributed by atoms with Crippen molar-refractivity contribution in [3.8, 4) is 28.1 Å². The largest absolute Gasteiger partial charge is 0.507 e. The van der Waals surface area contributed by atoms with E-state index >= 15 is 0 Å². The number of carboxylic acid groups (broad SMARTS) is 1. The zero-order chi connectivity index (χ0) is 22.1. The summed E-state index contributed by atoms with van der Waals surface area (Å²) in [5.41, 5.74) is 5.64. The highest BCUT2D eigenvalue weighted by Crippen LogP contribution is 2.35. The molecule has 2 heterocycles. The number of carboxylic acids is 1. The van der Waals surface area contributed by atoms with Gasteiger partial charge in [-0.05, 0) is 36.6 Å². The molecule has 0 amide bonds. The van der Waals surface area contributed by atoms with Crippen molar-refractivity contribution in [2.24, 2.45) is 5.92 Å². The van der Waals surface area contributed by atoms with Crippen molar-refractivity contribution in [2.45, 2.75) is 12.8 Å². The number of hydrogen-bond donors (Lipinski definition) is 2. The van der Waals surface area contributed by atoms with E-state index in [0.717, 1.165) is 52.1 Å². The minimum Gasteiger partial charge on any atom is -0.507 e. The predicted molar refractivity (Wildman–Crippen MR) is 127 cm³/mol. The molecule has 1 aromatic heterocycles. The van der Waals surface area contributed by atoms with Gasteiger partial charge in [0, 0.05) is 35.3 Å². The van der Waals surface area contributed by atoms with E-state index in [-0.39, 0.29) is 11.7 Å². The van der Waals surface area contributed by atoms with E-state index in [0.29, 0.717) is 12.8 Å². The average molecular weight is 425 g/mol. The number of aromatic nitrogens is 1. The Kier molecular flexibility index (Phi) is 5.23. The molecule has 5 rings (SSSR count). The van der Waals surface area contributed by atoms with E-state index in [9.17, 15) is 15.0 Å².